The van der Waals surface area contributed by atoms with Crippen molar-refractivity contribution < 1.29 is 23.8 Å². The van der Waals surface area contributed by atoms with E-state index in [1.165, 1.54) is 14.0 Å². The summed E-state index contributed by atoms with van der Waals surface area (Å²) in [7, 11) is 1.36. The maximum Gasteiger partial charge on any atom is 0.338 e. The van der Waals surface area contributed by atoms with Gasteiger partial charge < -0.3 is 14.2 Å². The molecule has 0 aromatic rings. The van der Waals surface area contributed by atoms with Crippen molar-refractivity contribution in [2.75, 3.05) is 7.11 Å². The Balaban J connectivity index is 3.12. The Morgan fingerprint density at radius 3 is 2.53 bits per heavy atom. The zero-order chi connectivity index (χ0) is 11.6. The third kappa shape index (κ3) is 1.86. The van der Waals surface area contributed by atoms with E-state index in [-0.39, 0.29) is 5.76 Å². The van der Waals surface area contributed by atoms with Crippen LogP contribution in [0.25, 0.3) is 0 Å². The van der Waals surface area contributed by atoms with Gasteiger partial charge in [-0.2, -0.15) is 0 Å². The summed E-state index contributed by atoms with van der Waals surface area (Å²) in [5.74, 6) is -2.69. The van der Waals surface area contributed by atoms with Gasteiger partial charge >= 0.3 is 17.7 Å². The van der Waals surface area contributed by atoms with Crippen molar-refractivity contribution in [1.82, 2.24) is 0 Å². The van der Waals surface area contributed by atoms with Crippen molar-refractivity contribution in [2.24, 2.45) is 0 Å². The number of carbonyl (C=O) groups is 2. The zero-order valence-electron chi connectivity index (χ0n) is 8.83. The van der Waals surface area contributed by atoms with Crippen LogP contribution < -0.4 is 0 Å². The molecule has 0 amide bonds. The monoisotopic (exact) mass is 212 g/mol. The van der Waals surface area contributed by atoms with Gasteiger partial charge in [0.25, 0.3) is 0 Å². The van der Waals surface area contributed by atoms with E-state index in [1.807, 2.05) is 0 Å². The normalized spacial score (nSPS) is 24.2. The summed E-state index contributed by atoms with van der Waals surface area (Å²) in [4.78, 5) is 22.0. The van der Waals surface area contributed by atoms with Crippen molar-refractivity contribution in [3.05, 3.63) is 24.0 Å². The van der Waals surface area contributed by atoms with Gasteiger partial charge in [-0.1, -0.05) is 6.58 Å². The summed E-state index contributed by atoms with van der Waals surface area (Å²) in [6.45, 7) is 6.41. The molecule has 0 bridgehead atoms. The molecule has 1 aliphatic heterocycles. The van der Waals surface area contributed by atoms with E-state index in [2.05, 4.69) is 6.58 Å². The standard InChI is InChI=1S/C10H12O5/c1-6(2)10(14-7(3)11)8(13-4)5-9(12)15-10/h5H,1H2,2-4H3. The smallest absolute Gasteiger partial charge is 0.338 e. The van der Waals surface area contributed by atoms with Gasteiger partial charge in [0, 0.05) is 12.5 Å². The summed E-state index contributed by atoms with van der Waals surface area (Å²) in [6, 6.07) is 0. The van der Waals surface area contributed by atoms with Crippen LogP contribution in [0.15, 0.2) is 24.0 Å². The van der Waals surface area contributed by atoms with Crippen LogP contribution in [0.5, 0.6) is 0 Å². The van der Waals surface area contributed by atoms with Crippen LogP contribution in [0.1, 0.15) is 13.8 Å². The predicted octanol–water partition coefficient (Wildman–Crippen LogP) is 0.909. The second-order valence-electron chi connectivity index (χ2n) is 3.12. The van der Waals surface area contributed by atoms with Crippen molar-refractivity contribution in [3.63, 3.8) is 0 Å². The molecular formula is C10H12O5. The van der Waals surface area contributed by atoms with Gasteiger partial charge in [0.05, 0.1) is 13.2 Å². The molecule has 1 rings (SSSR count). The largest absolute Gasteiger partial charge is 0.493 e. The van der Waals surface area contributed by atoms with E-state index in [0.717, 1.165) is 6.08 Å². The lowest BCUT2D eigenvalue weighted by Crippen LogP contribution is -2.38. The van der Waals surface area contributed by atoms with Crippen molar-refractivity contribution in [1.29, 1.82) is 0 Å². The number of rotatable bonds is 3. The SMILES string of the molecule is C=C(C)C1(OC(C)=O)OC(=O)C=C1OC. The van der Waals surface area contributed by atoms with E-state index in [0.29, 0.717) is 5.57 Å². The molecular weight excluding hydrogens is 200 g/mol. The molecule has 0 radical (unpaired) electrons. The van der Waals surface area contributed by atoms with E-state index >= 15 is 0 Å². The summed E-state index contributed by atoms with van der Waals surface area (Å²) >= 11 is 0. The highest BCUT2D eigenvalue weighted by Gasteiger charge is 2.49. The van der Waals surface area contributed by atoms with Gasteiger partial charge in [-0.15, -0.1) is 0 Å². The van der Waals surface area contributed by atoms with Crippen molar-refractivity contribution in [3.8, 4) is 0 Å². The number of cyclic esters (lactones) is 1. The minimum atomic E-state index is -1.60. The Bertz CT molecular complexity index is 355. The summed E-state index contributed by atoms with van der Waals surface area (Å²) in [5, 5.41) is 0. The molecule has 0 saturated carbocycles. The maximum absolute atomic E-state index is 11.1. The Labute approximate surface area is 87.3 Å². The number of carbonyl (C=O) groups excluding carboxylic acids is 2. The Morgan fingerprint density at radius 2 is 2.13 bits per heavy atom. The molecule has 0 aliphatic carbocycles. The van der Waals surface area contributed by atoms with E-state index < -0.39 is 17.7 Å². The molecule has 1 heterocycles. The number of esters is 2. The molecule has 1 aliphatic rings. The topological polar surface area (TPSA) is 61.8 Å². The number of hydrogen-bond donors (Lipinski definition) is 0. The quantitative estimate of drug-likeness (QED) is 0.514. The lowest BCUT2D eigenvalue weighted by atomic mass is 10.1. The van der Waals surface area contributed by atoms with Gasteiger partial charge in [0.1, 0.15) is 0 Å². The number of ether oxygens (including phenoxy) is 3. The fraction of sp³-hybridized carbons (Fsp3) is 0.400. The Hall–Kier alpha value is -1.78. The molecule has 5 nitrogen and oxygen atoms in total. The van der Waals surface area contributed by atoms with Gasteiger partial charge in [0.15, 0.2) is 5.76 Å². The van der Waals surface area contributed by atoms with E-state index in [4.69, 9.17) is 14.2 Å². The molecule has 1 atom stereocenters. The molecule has 82 valence electrons. The molecule has 0 aromatic heterocycles. The minimum absolute atomic E-state index is 0.121. The molecule has 15 heavy (non-hydrogen) atoms. The molecule has 0 aromatic carbocycles. The highest BCUT2D eigenvalue weighted by molar-refractivity contribution is 5.87. The fourth-order valence-corrected chi connectivity index (χ4v) is 1.27. The molecule has 1 unspecified atom stereocenters. The van der Waals surface area contributed by atoms with Crippen LogP contribution in [-0.2, 0) is 23.8 Å². The first-order valence-electron chi connectivity index (χ1n) is 4.27. The Morgan fingerprint density at radius 1 is 1.53 bits per heavy atom. The van der Waals surface area contributed by atoms with Gasteiger partial charge in [-0.05, 0) is 6.92 Å². The first-order valence-corrected chi connectivity index (χ1v) is 4.27. The van der Waals surface area contributed by atoms with Gasteiger partial charge in [0.2, 0.25) is 0 Å². The summed E-state index contributed by atoms with van der Waals surface area (Å²) < 4.78 is 14.8. The van der Waals surface area contributed by atoms with Crippen molar-refractivity contribution >= 4 is 11.9 Å². The highest BCUT2D eigenvalue weighted by atomic mass is 16.8. The van der Waals surface area contributed by atoms with E-state index in [9.17, 15) is 9.59 Å². The minimum Gasteiger partial charge on any atom is -0.493 e. The molecule has 0 spiro atoms. The first kappa shape index (κ1) is 11.3. The van der Waals surface area contributed by atoms with Crippen molar-refractivity contribution in [2.45, 2.75) is 19.6 Å². The highest BCUT2D eigenvalue weighted by Crippen LogP contribution is 2.35. The van der Waals surface area contributed by atoms with Crippen LogP contribution in [0.4, 0.5) is 0 Å². The van der Waals surface area contributed by atoms with Gasteiger partial charge in [-0.3, -0.25) is 4.79 Å². The number of hydrogen-bond acceptors (Lipinski definition) is 5. The summed E-state index contributed by atoms with van der Waals surface area (Å²) in [6.07, 6.45) is 1.12. The summed E-state index contributed by atoms with van der Waals surface area (Å²) in [5.41, 5.74) is 0.358. The zero-order valence-corrected chi connectivity index (χ0v) is 8.83. The molecule has 0 saturated heterocycles. The molecule has 0 fully saturated rings. The average Bonchev–Trinajstić information content (AvgIpc) is 2.42. The second-order valence-corrected chi connectivity index (χ2v) is 3.12. The molecule has 5 heteroatoms. The maximum atomic E-state index is 11.1. The first-order chi connectivity index (χ1) is 6.92. The van der Waals surface area contributed by atoms with Crippen LogP contribution >= 0.6 is 0 Å². The lowest BCUT2D eigenvalue weighted by Gasteiger charge is -2.28. The second kappa shape index (κ2) is 3.76. The predicted molar refractivity (Wildman–Crippen MR) is 50.5 cm³/mol. The number of methoxy groups -OCH3 is 1. The van der Waals surface area contributed by atoms with Crippen LogP contribution in [0.2, 0.25) is 0 Å². The van der Waals surface area contributed by atoms with E-state index in [1.54, 1.807) is 6.92 Å². The van der Waals surface area contributed by atoms with Gasteiger partial charge in [-0.25, -0.2) is 4.79 Å². The Kier molecular flexibility index (Phi) is 2.83. The molecule has 0 N–H and O–H groups in total. The average molecular weight is 212 g/mol. The third-order valence-electron chi connectivity index (χ3n) is 1.89. The van der Waals surface area contributed by atoms with Crippen LogP contribution in [0, 0.1) is 0 Å². The fourth-order valence-electron chi connectivity index (χ4n) is 1.27. The third-order valence-corrected chi connectivity index (χ3v) is 1.89. The van der Waals surface area contributed by atoms with Crippen LogP contribution in [0.3, 0.4) is 0 Å². The van der Waals surface area contributed by atoms with Crippen LogP contribution in [-0.4, -0.2) is 24.8 Å². The lowest BCUT2D eigenvalue weighted by molar-refractivity contribution is -0.200.